The fourth-order valence-electron chi connectivity index (χ4n) is 5.22. The minimum absolute atomic E-state index is 0.145. The van der Waals surface area contributed by atoms with Crippen molar-refractivity contribution in [2.45, 2.75) is 43.9 Å². The lowest BCUT2D eigenvalue weighted by Gasteiger charge is -2.37. The zero-order valence-electron chi connectivity index (χ0n) is 19.6. The zero-order valence-corrected chi connectivity index (χ0v) is 19.6. The molecule has 9 heteroatoms. The standard InChI is InChI=1S/C27H26N6O3/c34-24-5-1-2-12-33(24)17-27(36)10-3-4-20(15-27)29-26(35)18-6-8-22-21(14-18)25(31-30-22)19-7-9-23-28-11-13-32(23)16-19/h1-2,5-9,11-14,16,20,36H,3-4,10,15,17H2,(H,29,35)(H,30,31)/t20-,27+/m1/s1. The number of hydrogen-bond acceptors (Lipinski definition) is 5. The molecule has 182 valence electrons. The number of rotatable bonds is 5. The van der Waals surface area contributed by atoms with Crippen molar-refractivity contribution in [3.8, 4) is 11.3 Å². The number of imidazole rings is 1. The smallest absolute Gasteiger partial charge is 0.251 e. The van der Waals surface area contributed by atoms with Crippen molar-refractivity contribution >= 4 is 22.5 Å². The molecule has 4 heterocycles. The molecule has 1 fully saturated rings. The molecule has 1 amide bonds. The van der Waals surface area contributed by atoms with Crippen LogP contribution < -0.4 is 10.9 Å². The number of H-pyrrole nitrogens is 1. The van der Waals surface area contributed by atoms with Gasteiger partial charge in [-0.3, -0.25) is 14.7 Å². The summed E-state index contributed by atoms with van der Waals surface area (Å²) in [7, 11) is 0. The third-order valence-corrected chi connectivity index (χ3v) is 7.01. The van der Waals surface area contributed by atoms with Crippen LogP contribution in [0, 0.1) is 0 Å². The highest BCUT2D eigenvalue weighted by atomic mass is 16.3. The predicted molar refractivity (Wildman–Crippen MR) is 136 cm³/mol. The summed E-state index contributed by atoms with van der Waals surface area (Å²) in [5.41, 5.74) is 2.70. The van der Waals surface area contributed by atoms with E-state index in [1.165, 1.54) is 10.6 Å². The molecule has 0 radical (unpaired) electrons. The Kier molecular flexibility index (Phi) is 5.41. The summed E-state index contributed by atoms with van der Waals surface area (Å²) in [4.78, 5) is 29.6. The number of aromatic amines is 1. The van der Waals surface area contributed by atoms with Gasteiger partial charge in [-0.2, -0.15) is 5.10 Å². The molecule has 1 aromatic carbocycles. The molecule has 5 aromatic rings. The average Bonchev–Trinajstić information content (AvgIpc) is 3.51. The number of nitrogens with one attached hydrogen (secondary N) is 2. The number of carbonyl (C=O) groups is 1. The van der Waals surface area contributed by atoms with E-state index in [4.69, 9.17) is 0 Å². The third kappa shape index (κ3) is 4.18. The van der Waals surface area contributed by atoms with E-state index in [9.17, 15) is 14.7 Å². The lowest BCUT2D eigenvalue weighted by atomic mass is 9.81. The van der Waals surface area contributed by atoms with E-state index in [2.05, 4.69) is 20.5 Å². The monoisotopic (exact) mass is 482 g/mol. The van der Waals surface area contributed by atoms with Crippen molar-refractivity contribution in [2.75, 3.05) is 0 Å². The van der Waals surface area contributed by atoms with Crippen molar-refractivity contribution in [3.05, 3.63) is 89.2 Å². The van der Waals surface area contributed by atoms with E-state index in [1.54, 1.807) is 30.6 Å². The Hall–Kier alpha value is -4.24. The summed E-state index contributed by atoms with van der Waals surface area (Å²) < 4.78 is 3.46. The largest absolute Gasteiger partial charge is 0.388 e. The topological polar surface area (TPSA) is 117 Å². The van der Waals surface area contributed by atoms with E-state index < -0.39 is 5.60 Å². The van der Waals surface area contributed by atoms with Gasteiger partial charge in [0.1, 0.15) is 11.3 Å². The molecule has 6 rings (SSSR count). The molecule has 1 saturated carbocycles. The first-order chi connectivity index (χ1) is 17.5. The van der Waals surface area contributed by atoms with Gasteiger partial charge in [0.25, 0.3) is 11.5 Å². The van der Waals surface area contributed by atoms with E-state index in [0.717, 1.165) is 40.6 Å². The van der Waals surface area contributed by atoms with Crippen LogP contribution in [0.5, 0.6) is 0 Å². The van der Waals surface area contributed by atoms with Gasteiger partial charge >= 0.3 is 0 Å². The number of carbonyl (C=O) groups excluding carboxylic acids is 1. The molecule has 0 spiro atoms. The van der Waals surface area contributed by atoms with Crippen molar-refractivity contribution in [1.82, 2.24) is 29.5 Å². The van der Waals surface area contributed by atoms with Gasteiger partial charge in [-0.15, -0.1) is 0 Å². The first-order valence-corrected chi connectivity index (χ1v) is 12.1. The second-order valence-electron chi connectivity index (χ2n) is 9.60. The lowest BCUT2D eigenvalue weighted by Crippen LogP contribution is -2.48. The van der Waals surface area contributed by atoms with Crippen LogP contribution in [-0.4, -0.2) is 46.8 Å². The second-order valence-corrected chi connectivity index (χ2v) is 9.60. The Balaban J connectivity index is 1.21. The number of nitrogens with zero attached hydrogens (tertiary/aromatic N) is 4. The minimum Gasteiger partial charge on any atom is -0.388 e. The average molecular weight is 483 g/mol. The number of amides is 1. The fraction of sp³-hybridized carbons (Fsp3) is 0.259. The number of aliphatic hydroxyl groups is 1. The number of pyridine rings is 2. The van der Waals surface area contributed by atoms with Gasteiger partial charge < -0.3 is 19.4 Å². The summed E-state index contributed by atoms with van der Waals surface area (Å²) in [5, 5.41) is 22.7. The number of hydrogen-bond donors (Lipinski definition) is 3. The molecule has 4 aromatic heterocycles. The van der Waals surface area contributed by atoms with Gasteiger partial charge in [-0.25, -0.2) is 4.98 Å². The van der Waals surface area contributed by atoms with E-state index in [-0.39, 0.29) is 24.1 Å². The molecule has 0 bridgehead atoms. The maximum Gasteiger partial charge on any atom is 0.251 e. The third-order valence-electron chi connectivity index (χ3n) is 7.01. The summed E-state index contributed by atoms with van der Waals surface area (Å²) in [5.74, 6) is -0.194. The molecule has 1 aliphatic carbocycles. The molecular weight excluding hydrogens is 456 g/mol. The fourth-order valence-corrected chi connectivity index (χ4v) is 5.22. The van der Waals surface area contributed by atoms with Crippen LogP contribution in [0.2, 0.25) is 0 Å². The van der Waals surface area contributed by atoms with E-state index in [1.807, 2.05) is 41.1 Å². The summed E-state index contributed by atoms with van der Waals surface area (Å²) >= 11 is 0. The second kappa shape index (κ2) is 8.76. The molecule has 0 saturated heterocycles. The molecule has 1 aliphatic rings. The molecule has 3 N–H and O–H groups in total. The maximum absolute atomic E-state index is 13.2. The Labute approximate surface area is 206 Å². The Morgan fingerprint density at radius 3 is 3.00 bits per heavy atom. The summed E-state index contributed by atoms with van der Waals surface area (Å²) in [6.45, 7) is 0.213. The van der Waals surface area contributed by atoms with Crippen molar-refractivity contribution in [3.63, 3.8) is 0 Å². The van der Waals surface area contributed by atoms with Gasteiger partial charge in [0.15, 0.2) is 0 Å². The molecule has 9 nitrogen and oxygen atoms in total. The van der Waals surface area contributed by atoms with Gasteiger partial charge in [-0.05, 0) is 62.1 Å². The van der Waals surface area contributed by atoms with Crippen molar-refractivity contribution < 1.29 is 9.90 Å². The highest BCUT2D eigenvalue weighted by Gasteiger charge is 2.35. The van der Waals surface area contributed by atoms with Crippen LogP contribution >= 0.6 is 0 Å². The first kappa shape index (κ1) is 22.2. The van der Waals surface area contributed by atoms with Crippen LogP contribution in [-0.2, 0) is 6.54 Å². The molecule has 2 atom stereocenters. The van der Waals surface area contributed by atoms with Gasteiger partial charge in [-0.1, -0.05) is 6.07 Å². The highest BCUT2D eigenvalue weighted by Crippen LogP contribution is 2.31. The number of aromatic nitrogens is 5. The SMILES string of the molecule is O=C(N[C@@H]1CCC[C@@](O)(Cn2ccccc2=O)C1)c1ccc2[nH]nc(-c3ccc4nccn4c3)c2c1. The van der Waals surface area contributed by atoms with Gasteiger partial charge in [0, 0.05) is 53.4 Å². The summed E-state index contributed by atoms with van der Waals surface area (Å²) in [6.07, 6.45) is 9.81. The molecule has 0 aliphatic heterocycles. The zero-order chi connectivity index (χ0) is 24.7. The number of fused-ring (bicyclic) bond motifs is 2. The van der Waals surface area contributed by atoms with Crippen LogP contribution in [0.4, 0.5) is 0 Å². The van der Waals surface area contributed by atoms with Gasteiger partial charge in [0.2, 0.25) is 0 Å². The molecule has 0 unspecified atom stereocenters. The summed E-state index contributed by atoms with van der Waals surface area (Å²) in [6, 6.07) is 14.1. The Morgan fingerprint density at radius 1 is 1.19 bits per heavy atom. The van der Waals surface area contributed by atoms with Crippen molar-refractivity contribution in [2.24, 2.45) is 0 Å². The van der Waals surface area contributed by atoms with Crippen LogP contribution in [0.25, 0.3) is 27.8 Å². The predicted octanol–water partition coefficient (Wildman–Crippen LogP) is 3.14. The van der Waals surface area contributed by atoms with Gasteiger partial charge in [0.05, 0.1) is 17.7 Å². The molecule has 36 heavy (non-hydrogen) atoms. The van der Waals surface area contributed by atoms with Crippen LogP contribution in [0.1, 0.15) is 36.0 Å². The lowest BCUT2D eigenvalue weighted by molar-refractivity contribution is -0.0218. The Morgan fingerprint density at radius 2 is 2.11 bits per heavy atom. The van der Waals surface area contributed by atoms with E-state index in [0.29, 0.717) is 18.4 Å². The molecular formula is C27H26N6O3. The highest BCUT2D eigenvalue weighted by molar-refractivity contribution is 6.01. The van der Waals surface area contributed by atoms with Crippen molar-refractivity contribution in [1.29, 1.82) is 0 Å². The normalized spacial score (nSPS) is 20.1. The Bertz CT molecular complexity index is 1630. The van der Waals surface area contributed by atoms with E-state index >= 15 is 0 Å². The van der Waals surface area contributed by atoms with Crippen LogP contribution in [0.15, 0.2) is 78.1 Å². The quantitative estimate of drug-likeness (QED) is 0.356. The number of benzene rings is 1. The first-order valence-electron chi connectivity index (χ1n) is 12.1. The minimum atomic E-state index is -1.05. The maximum atomic E-state index is 13.2. The van der Waals surface area contributed by atoms with Crippen LogP contribution in [0.3, 0.4) is 0 Å².